The second-order valence-corrected chi connectivity index (χ2v) is 8.10. The first kappa shape index (κ1) is 17.7. The second kappa shape index (κ2) is 6.61. The van der Waals surface area contributed by atoms with Crippen molar-refractivity contribution in [2.75, 3.05) is 13.1 Å². The van der Waals surface area contributed by atoms with Crippen LogP contribution in [0.15, 0.2) is 54.6 Å². The van der Waals surface area contributed by atoms with Crippen LogP contribution in [0, 0.1) is 0 Å². The average molecular weight is 397 g/mol. The molecule has 28 heavy (non-hydrogen) atoms. The molecule has 5 rings (SSSR count). The number of hydrogen-bond acceptors (Lipinski definition) is 3. The Morgan fingerprint density at radius 2 is 1.89 bits per heavy atom. The predicted octanol–water partition coefficient (Wildman–Crippen LogP) is 3.18. The van der Waals surface area contributed by atoms with Crippen molar-refractivity contribution < 1.29 is 14.3 Å². The van der Waals surface area contributed by atoms with Crippen LogP contribution in [0.2, 0.25) is 5.02 Å². The lowest BCUT2D eigenvalue weighted by atomic mass is 10.1. The molecule has 1 spiro atoms. The summed E-state index contributed by atoms with van der Waals surface area (Å²) in [6.07, 6.45) is 1.07. The zero-order valence-electron chi connectivity index (χ0n) is 15.4. The summed E-state index contributed by atoms with van der Waals surface area (Å²) in [7, 11) is 0. The number of benzene rings is 2. The minimum Gasteiger partial charge on any atom is -0.343 e. The number of carbonyl (C=O) groups is 2. The second-order valence-electron chi connectivity index (χ2n) is 7.69. The third-order valence-electron chi connectivity index (χ3n) is 6.22. The van der Waals surface area contributed by atoms with Crippen LogP contribution in [0.4, 0.5) is 0 Å². The van der Waals surface area contributed by atoms with Gasteiger partial charge in [0.15, 0.2) is 5.72 Å². The largest absolute Gasteiger partial charge is 0.343 e. The van der Waals surface area contributed by atoms with Gasteiger partial charge in [0, 0.05) is 18.0 Å². The Balaban J connectivity index is 1.39. The molecule has 0 radical (unpaired) electrons. The normalized spacial score (nSPS) is 28.5. The highest BCUT2D eigenvalue weighted by Crippen LogP contribution is 2.50. The fourth-order valence-electron chi connectivity index (χ4n) is 4.87. The van der Waals surface area contributed by atoms with Crippen LogP contribution in [0.25, 0.3) is 0 Å². The Kier molecular flexibility index (Phi) is 4.18. The Hall–Kier alpha value is -2.37. The maximum atomic E-state index is 13.0. The highest BCUT2D eigenvalue weighted by molar-refractivity contribution is 6.31. The van der Waals surface area contributed by atoms with E-state index < -0.39 is 5.72 Å². The molecule has 144 valence electrons. The number of hydrogen-bond donors (Lipinski definition) is 0. The summed E-state index contributed by atoms with van der Waals surface area (Å²) in [5.41, 5.74) is 1.19. The molecular formula is C22H21ClN2O3. The van der Waals surface area contributed by atoms with E-state index in [1.54, 1.807) is 6.07 Å². The van der Waals surface area contributed by atoms with Crippen LogP contribution >= 0.6 is 11.6 Å². The summed E-state index contributed by atoms with van der Waals surface area (Å²) in [5.74, 6) is 0.0649. The molecule has 0 bridgehead atoms. The summed E-state index contributed by atoms with van der Waals surface area (Å²) in [6, 6.07) is 17.1. The van der Waals surface area contributed by atoms with Crippen LogP contribution in [0.3, 0.4) is 0 Å². The Bertz CT molecular complexity index is 934. The zero-order chi connectivity index (χ0) is 19.3. The topological polar surface area (TPSA) is 49.9 Å². The molecule has 3 atom stereocenters. The molecule has 5 nitrogen and oxygen atoms in total. The van der Waals surface area contributed by atoms with Crippen LogP contribution in [-0.4, -0.2) is 46.5 Å². The maximum absolute atomic E-state index is 13.0. The Morgan fingerprint density at radius 3 is 2.68 bits per heavy atom. The van der Waals surface area contributed by atoms with Crippen LogP contribution in [0.5, 0.6) is 0 Å². The maximum Gasteiger partial charge on any atom is 0.227 e. The van der Waals surface area contributed by atoms with E-state index in [2.05, 4.69) is 0 Å². The van der Waals surface area contributed by atoms with Crippen molar-refractivity contribution in [3.05, 3.63) is 70.7 Å². The van der Waals surface area contributed by atoms with Crippen molar-refractivity contribution in [2.24, 2.45) is 0 Å². The first-order chi connectivity index (χ1) is 13.6. The number of ether oxygens (including phenoxy) is 1. The lowest BCUT2D eigenvalue weighted by Gasteiger charge is -2.32. The molecule has 2 amide bonds. The van der Waals surface area contributed by atoms with Crippen molar-refractivity contribution >= 4 is 23.4 Å². The van der Waals surface area contributed by atoms with E-state index in [0.717, 1.165) is 11.1 Å². The quantitative estimate of drug-likeness (QED) is 0.800. The Labute approximate surface area is 168 Å². The zero-order valence-corrected chi connectivity index (χ0v) is 16.1. The van der Waals surface area contributed by atoms with Gasteiger partial charge >= 0.3 is 0 Å². The highest BCUT2D eigenvalue weighted by Gasteiger charge is 2.64. The van der Waals surface area contributed by atoms with Crippen molar-refractivity contribution in [3.8, 4) is 0 Å². The fourth-order valence-corrected chi connectivity index (χ4v) is 5.07. The van der Waals surface area contributed by atoms with E-state index in [1.165, 1.54) is 0 Å². The van der Waals surface area contributed by atoms with E-state index in [-0.39, 0.29) is 30.4 Å². The summed E-state index contributed by atoms with van der Waals surface area (Å²) >= 11 is 6.23. The van der Waals surface area contributed by atoms with Gasteiger partial charge in [0.1, 0.15) is 6.10 Å². The van der Waals surface area contributed by atoms with Gasteiger partial charge in [-0.1, -0.05) is 60.1 Å². The minimum absolute atomic E-state index is 0.00335. The first-order valence-corrected chi connectivity index (χ1v) is 10.0. The van der Waals surface area contributed by atoms with E-state index in [0.29, 0.717) is 31.0 Å². The molecule has 3 aliphatic heterocycles. The monoisotopic (exact) mass is 396 g/mol. The number of halogens is 1. The molecule has 0 unspecified atom stereocenters. The molecule has 2 aromatic carbocycles. The van der Waals surface area contributed by atoms with Gasteiger partial charge in [-0.05, 0) is 17.2 Å². The summed E-state index contributed by atoms with van der Waals surface area (Å²) in [5, 5.41) is 0.593. The first-order valence-electron chi connectivity index (χ1n) is 9.64. The van der Waals surface area contributed by atoms with Crippen LogP contribution < -0.4 is 0 Å². The van der Waals surface area contributed by atoms with E-state index in [4.69, 9.17) is 16.3 Å². The van der Waals surface area contributed by atoms with E-state index in [9.17, 15) is 9.59 Å². The molecule has 3 aliphatic rings. The van der Waals surface area contributed by atoms with Gasteiger partial charge in [0.05, 0.1) is 25.4 Å². The summed E-state index contributed by atoms with van der Waals surface area (Å²) < 4.78 is 6.49. The molecule has 3 saturated heterocycles. The van der Waals surface area contributed by atoms with Crippen LogP contribution in [-0.2, 0) is 20.7 Å². The number of amides is 2. The summed E-state index contributed by atoms with van der Waals surface area (Å²) in [4.78, 5) is 29.4. The molecular weight excluding hydrogens is 376 g/mol. The standard InChI is InChI=1S/C22H21ClN2O3/c23-17-9-5-4-8-16(17)12-20(26)24-11-10-22-19(24)13-21(27)25(22)14-18(28-22)15-6-2-1-3-7-15/h1-9,18-19H,10-14H2/t18-,19-,22+/m1/s1. The number of rotatable bonds is 3. The molecule has 0 aromatic heterocycles. The Morgan fingerprint density at radius 1 is 1.14 bits per heavy atom. The SMILES string of the molecule is O=C(Cc1ccccc1Cl)N1CC[C@@]23O[C@@H](c4ccccc4)CN2C(=O)C[C@@H]13. The van der Waals surface area contributed by atoms with Gasteiger partial charge < -0.3 is 14.5 Å². The molecule has 3 heterocycles. The minimum atomic E-state index is -0.687. The molecule has 2 aromatic rings. The molecule has 3 fully saturated rings. The predicted molar refractivity (Wildman–Crippen MR) is 105 cm³/mol. The lowest BCUT2D eigenvalue weighted by molar-refractivity contribution is -0.142. The molecule has 6 heteroatoms. The highest BCUT2D eigenvalue weighted by atomic mass is 35.5. The summed E-state index contributed by atoms with van der Waals surface area (Å²) in [6.45, 7) is 1.14. The third-order valence-corrected chi connectivity index (χ3v) is 6.59. The van der Waals surface area contributed by atoms with Crippen LogP contribution in [0.1, 0.15) is 30.1 Å². The smallest absolute Gasteiger partial charge is 0.227 e. The van der Waals surface area contributed by atoms with Crippen molar-refractivity contribution in [2.45, 2.75) is 37.1 Å². The molecule has 0 N–H and O–H groups in total. The van der Waals surface area contributed by atoms with Gasteiger partial charge in [-0.2, -0.15) is 0 Å². The van der Waals surface area contributed by atoms with Gasteiger partial charge in [-0.3, -0.25) is 9.59 Å². The van der Waals surface area contributed by atoms with E-state index >= 15 is 0 Å². The molecule has 0 aliphatic carbocycles. The van der Waals surface area contributed by atoms with Crippen molar-refractivity contribution in [1.29, 1.82) is 0 Å². The third kappa shape index (κ3) is 2.65. The van der Waals surface area contributed by atoms with Gasteiger partial charge in [-0.25, -0.2) is 0 Å². The molecule has 0 saturated carbocycles. The average Bonchev–Trinajstić information content (AvgIpc) is 3.33. The van der Waals surface area contributed by atoms with Crippen molar-refractivity contribution in [3.63, 3.8) is 0 Å². The fraction of sp³-hybridized carbons (Fsp3) is 0.364. The van der Waals surface area contributed by atoms with Gasteiger partial charge in [-0.15, -0.1) is 0 Å². The number of likely N-dealkylation sites (tertiary alicyclic amines) is 1. The van der Waals surface area contributed by atoms with Gasteiger partial charge in [0.25, 0.3) is 0 Å². The number of nitrogens with zero attached hydrogens (tertiary/aromatic N) is 2. The van der Waals surface area contributed by atoms with Crippen molar-refractivity contribution in [1.82, 2.24) is 9.80 Å². The number of carbonyl (C=O) groups excluding carboxylic acids is 2. The van der Waals surface area contributed by atoms with Gasteiger partial charge in [0.2, 0.25) is 11.8 Å². The van der Waals surface area contributed by atoms with E-state index in [1.807, 2.05) is 58.3 Å². The lowest BCUT2D eigenvalue weighted by Crippen LogP contribution is -2.49.